The van der Waals surface area contributed by atoms with E-state index in [0.29, 0.717) is 0 Å². The van der Waals surface area contributed by atoms with Gasteiger partial charge in [-0.05, 0) is 24.8 Å². The van der Waals surface area contributed by atoms with Gasteiger partial charge in [0.15, 0.2) is 0 Å². The molecule has 1 aromatic rings. The fourth-order valence-electron chi connectivity index (χ4n) is 2.80. The number of hydrogen-bond acceptors (Lipinski definition) is 1. The number of hydrogen-bond donors (Lipinski definition) is 1. The highest BCUT2D eigenvalue weighted by Crippen LogP contribution is 2.27. The van der Waals surface area contributed by atoms with Crippen molar-refractivity contribution in [3.63, 3.8) is 0 Å². The molecule has 21 heavy (non-hydrogen) atoms. The molecule has 1 aromatic carbocycles. The third kappa shape index (κ3) is 6.48. The first-order valence-electron chi connectivity index (χ1n) is 8.65. The van der Waals surface area contributed by atoms with Gasteiger partial charge in [-0.15, -0.1) is 0 Å². The summed E-state index contributed by atoms with van der Waals surface area (Å²) in [5, 5.41) is 10.7. The molecule has 0 amide bonds. The largest absolute Gasteiger partial charge is 0.392 e. The summed E-state index contributed by atoms with van der Waals surface area (Å²) < 4.78 is 0. The zero-order valence-electron chi connectivity index (χ0n) is 14.0. The predicted octanol–water partition coefficient (Wildman–Crippen LogP) is 5.85. The van der Waals surface area contributed by atoms with Crippen LogP contribution in [0, 0.1) is 0 Å². The van der Waals surface area contributed by atoms with Crippen molar-refractivity contribution in [1.29, 1.82) is 0 Å². The van der Waals surface area contributed by atoms with Crippen molar-refractivity contribution < 1.29 is 5.11 Å². The number of allylic oxidation sites excluding steroid dienone is 1. The maximum atomic E-state index is 10.7. The summed E-state index contributed by atoms with van der Waals surface area (Å²) in [6.07, 6.45) is 9.95. The van der Waals surface area contributed by atoms with Crippen molar-refractivity contribution in [2.45, 2.75) is 77.7 Å². The molecule has 0 aliphatic carbocycles. The van der Waals surface area contributed by atoms with Crippen LogP contribution in [-0.2, 0) is 0 Å². The van der Waals surface area contributed by atoms with Gasteiger partial charge in [0.1, 0.15) is 0 Å². The third-order valence-electron chi connectivity index (χ3n) is 4.28. The lowest BCUT2D eigenvalue weighted by Crippen LogP contribution is -2.17. The van der Waals surface area contributed by atoms with Crippen LogP contribution in [-0.4, -0.2) is 11.2 Å². The number of benzene rings is 1. The molecule has 0 aliphatic heterocycles. The molecule has 1 nitrogen and oxygen atoms in total. The number of aliphatic hydroxyl groups excluding tert-OH is 1. The Labute approximate surface area is 131 Å². The molecule has 0 saturated carbocycles. The highest BCUT2D eigenvalue weighted by atomic mass is 16.3. The molecule has 0 heterocycles. The van der Waals surface area contributed by atoms with Crippen molar-refractivity contribution in [3.8, 4) is 0 Å². The minimum absolute atomic E-state index is 0.141. The van der Waals surface area contributed by atoms with Crippen molar-refractivity contribution in [3.05, 3.63) is 47.5 Å². The van der Waals surface area contributed by atoms with E-state index in [4.69, 9.17) is 0 Å². The molecule has 2 atom stereocenters. The summed E-state index contributed by atoms with van der Waals surface area (Å²) in [5.41, 5.74) is 2.68. The molecule has 0 spiro atoms. The van der Waals surface area contributed by atoms with Gasteiger partial charge in [-0.2, -0.15) is 0 Å². The molecule has 1 N–H and O–H groups in total. The zero-order chi connectivity index (χ0) is 15.5. The molecule has 0 saturated heterocycles. The smallest absolute Gasteiger partial charge is 0.0643 e. The van der Waals surface area contributed by atoms with Gasteiger partial charge < -0.3 is 5.11 Å². The van der Waals surface area contributed by atoms with Crippen molar-refractivity contribution in [1.82, 2.24) is 0 Å². The highest BCUT2D eigenvalue weighted by Gasteiger charge is 2.18. The molecule has 2 unspecified atom stereocenters. The van der Waals surface area contributed by atoms with E-state index in [9.17, 15) is 5.11 Å². The summed E-state index contributed by atoms with van der Waals surface area (Å²) in [6.45, 7) is 6.62. The molecule has 0 aromatic heterocycles. The van der Waals surface area contributed by atoms with Crippen LogP contribution >= 0.6 is 0 Å². The molecule has 0 fully saturated rings. The van der Waals surface area contributed by atoms with Crippen LogP contribution in [0.3, 0.4) is 0 Å². The van der Waals surface area contributed by atoms with Crippen molar-refractivity contribution in [2.75, 3.05) is 0 Å². The Balaban J connectivity index is 2.79. The lowest BCUT2D eigenvalue weighted by Gasteiger charge is -2.22. The van der Waals surface area contributed by atoms with Gasteiger partial charge in [-0.3, -0.25) is 0 Å². The van der Waals surface area contributed by atoms with Gasteiger partial charge in [-0.1, -0.05) is 88.4 Å². The van der Waals surface area contributed by atoms with E-state index in [1.807, 2.05) is 6.07 Å². The standard InChI is InChI=1S/C20H32O/c1-4-7-8-12-15-20(21)19(16-17(5-2)6-3)18-13-10-9-11-14-18/h9-11,13-14,16,19-21H,4-8,12,15H2,1-3H3. The maximum Gasteiger partial charge on any atom is 0.0643 e. The lowest BCUT2D eigenvalue weighted by atomic mass is 9.87. The van der Waals surface area contributed by atoms with Crippen LogP contribution in [0.1, 0.15) is 77.2 Å². The second kappa shape index (κ2) is 10.6. The molecule has 1 heteroatoms. The quantitative estimate of drug-likeness (QED) is 0.423. The van der Waals surface area contributed by atoms with E-state index in [-0.39, 0.29) is 12.0 Å². The Hall–Kier alpha value is -1.08. The summed E-state index contributed by atoms with van der Waals surface area (Å²) >= 11 is 0. The first kappa shape index (κ1) is 18.0. The fraction of sp³-hybridized carbons (Fsp3) is 0.600. The van der Waals surface area contributed by atoms with Crippen LogP contribution < -0.4 is 0 Å². The van der Waals surface area contributed by atoms with Gasteiger partial charge >= 0.3 is 0 Å². The summed E-state index contributed by atoms with van der Waals surface area (Å²) in [6, 6.07) is 10.5. The van der Waals surface area contributed by atoms with Crippen LogP contribution in [0.25, 0.3) is 0 Å². The Morgan fingerprint density at radius 3 is 2.24 bits per heavy atom. The molecule has 118 valence electrons. The van der Waals surface area contributed by atoms with Crippen LogP contribution in [0.15, 0.2) is 42.0 Å². The number of aliphatic hydroxyl groups is 1. The van der Waals surface area contributed by atoms with E-state index >= 15 is 0 Å². The van der Waals surface area contributed by atoms with E-state index in [0.717, 1.165) is 25.7 Å². The molecule has 0 bridgehead atoms. The number of rotatable bonds is 10. The summed E-state index contributed by atoms with van der Waals surface area (Å²) in [5.74, 6) is 0.141. The zero-order valence-corrected chi connectivity index (χ0v) is 14.0. The average Bonchev–Trinajstić information content (AvgIpc) is 2.53. The molecule has 1 rings (SSSR count). The van der Waals surface area contributed by atoms with Crippen LogP contribution in [0.4, 0.5) is 0 Å². The number of unbranched alkanes of at least 4 members (excludes halogenated alkanes) is 3. The first-order valence-corrected chi connectivity index (χ1v) is 8.65. The summed E-state index contributed by atoms with van der Waals surface area (Å²) in [7, 11) is 0. The Morgan fingerprint density at radius 1 is 1.00 bits per heavy atom. The SMILES string of the molecule is CCCCCCC(O)C(C=C(CC)CC)c1ccccc1. The van der Waals surface area contributed by atoms with E-state index in [1.165, 1.54) is 30.4 Å². The van der Waals surface area contributed by atoms with Gasteiger partial charge in [-0.25, -0.2) is 0 Å². The first-order chi connectivity index (χ1) is 10.2. The van der Waals surface area contributed by atoms with Crippen LogP contribution in [0.2, 0.25) is 0 Å². The van der Waals surface area contributed by atoms with Gasteiger partial charge in [0.05, 0.1) is 6.10 Å². The second-order valence-electron chi connectivity index (χ2n) is 5.89. The minimum atomic E-state index is -0.266. The summed E-state index contributed by atoms with van der Waals surface area (Å²) in [4.78, 5) is 0. The Kier molecular flexibility index (Phi) is 9.09. The average molecular weight is 288 g/mol. The Bertz CT molecular complexity index is 388. The second-order valence-corrected chi connectivity index (χ2v) is 5.89. The normalized spacial score (nSPS) is 13.7. The topological polar surface area (TPSA) is 20.2 Å². The van der Waals surface area contributed by atoms with Gasteiger partial charge in [0, 0.05) is 5.92 Å². The lowest BCUT2D eigenvalue weighted by molar-refractivity contribution is 0.145. The van der Waals surface area contributed by atoms with Crippen molar-refractivity contribution >= 4 is 0 Å². The van der Waals surface area contributed by atoms with Gasteiger partial charge in [0.25, 0.3) is 0 Å². The van der Waals surface area contributed by atoms with E-state index < -0.39 is 0 Å². The monoisotopic (exact) mass is 288 g/mol. The minimum Gasteiger partial charge on any atom is -0.392 e. The third-order valence-corrected chi connectivity index (χ3v) is 4.28. The molecule has 0 aliphatic rings. The maximum absolute atomic E-state index is 10.7. The molecular weight excluding hydrogens is 256 g/mol. The molecular formula is C20H32O. The predicted molar refractivity (Wildman–Crippen MR) is 92.6 cm³/mol. The van der Waals surface area contributed by atoms with E-state index in [1.54, 1.807) is 0 Å². The van der Waals surface area contributed by atoms with Crippen molar-refractivity contribution in [2.24, 2.45) is 0 Å². The van der Waals surface area contributed by atoms with E-state index in [2.05, 4.69) is 51.1 Å². The highest BCUT2D eigenvalue weighted by molar-refractivity contribution is 5.27. The fourth-order valence-corrected chi connectivity index (χ4v) is 2.80. The molecule has 0 radical (unpaired) electrons. The van der Waals surface area contributed by atoms with Crippen LogP contribution in [0.5, 0.6) is 0 Å². The van der Waals surface area contributed by atoms with Gasteiger partial charge in [0.2, 0.25) is 0 Å². The Morgan fingerprint density at radius 2 is 1.67 bits per heavy atom.